The number of hydrogen-bond acceptors (Lipinski definition) is 2. The Morgan fingerprint density at radius 3 is 1.82 bits per heavy atom. The molecule has 0 aliphatic heterocycles. The molecular formula is C26H28O2. The molecule has 0 unspecified atom stereocenters. The zero-order valence-electron chi connectivity index (χ0n) is 17.6. The lowest BCUT2D eigenvalue weighted by Crippen LogP contribution is -2.14. The molecular weight excluding hydrogens is 344 g/mol. The van der Waals surface area contributed by atoms with E-state index in [1.54, 1.807) is 12.5 Å². The van der Waals surface area contributed by atoms with Crippen LogP contribution >= 0.6 is 0 Å². The Hall–Kier alpha value is -2.74. The molecule has 28 heavy (non-hydrogen) atoms. The van der Waals surface area contributed by atoms with Crippen LogP contribution < -0.4 is 0 Å². The van der Waals surface area contributed by atoms with Crippen molar-refractivity contribution in [1.29, 1.82) is 0 Å². The van der Waals surface area contributed by atoms with Crippen molar-refractivity contribution in [3.63, 3.8) is 0 Å². The Labute approximate surface area is 167 Å². The summed E-state index contributed by atoms with van der Waals surface area (Å²) in [6.45, 7) is 13.6. The monoisotopic (exact) mass is 372 g/mol. The van der Waals surface area contributed by atoms with Crippen LogP contribution in [0.2, 0.25) is 0 Å². The molecule has 4 rings (SSSR count). The molecule has 0 atom stereocenters. The number of furan rings is 2. The molecule has 0 amide bonds. The maximum Gasteiger partial charge on any atom is 0.0981 e. The SMILES string of the molecule is CC(C)(C)c1ccc2c(-c3ccoc3)c(C(C)(C)C)cc(-c3ccoc3)c2c1. The standard InChI is InChI=1S/C26H28O2/c1-25(2,3)19-7-8-20-22(13-19)21(17-9-11-27-15-17)14-23(26(4,5)6)24(20)18-10-12-28-16-18/h7-16H,1-6H3. The first-order valence-electron chi connectivity index (χ1n) is 9.83. The summed E-state index contributed by atoms with van der Waals surface area (Å²) >= 11 is 0. The summed E-state index contributed by atoms with van der Waals surface area (Å²) in [7, 11) is 0. The highest BCUT2D eigenvalue weighted by Crippen LogP contribution is 2.44. The van der Waals surface area contributed by atoms with E-state index in [2.05, 4.69) is 71.9 Å². The highest BCUT2D eigenvalue weighted by Gasteiger charge is 2.25. The molecule has 2 nitrogen and oxygen atoms in total. The van der Waals surface area contributed by atoms with Gasteiger partial charge in [0, 0.05) is 11.1 Å². The zero-order chi connectivity index (χ0) is 20.1. The summed E-state index contributed by atoms with van der Waals surface area (Å²) in [5.74, 6) is 0. The van der Waals surface area contributed by atoms with E-state index in [-0.39, 0.29) is 10.8 Å². The number of benzene rings is 2. The molecule has 2 heteroatoms. The molecule has 2 aromatic carbocycles. The molecule has 0 spiro atoms. The molecule has 0 N–H and O–H groups in total. The van der Waals surface area contributed by atoms with E-state index in [4.69, 9.17) is 8.83 Å². The van der Waals surface area contributed by atoms with Gasteiger partial charge < -0.3 is 8.83 Å². The van der Waals surface area contributed by atoms with E-state index in [9.17, 15) is 0 Å². The van der Waals surface area contributed by atoms with Crippen molar-refractivity contribution in [3.8, 4) is 22.3 Å². The molecule has 0 fully saturated rings. The van der Waals surface area contributed by atoms with Gasteiger partial charge in [-0.05, 0) is 68.1 Å². The van der Waals surface area contributed by atoms with Crippen LogP contribution in [0.15, 0.2) is 70.3 Å². The molecule has 0 aliphatic rings. The largest absolute Gasteiger partial charge is 0.472 e. The van der Waals surface area contributed by atoms with Crippen molar-refractivity contribution < 1.29 is 8.83 Å². The van der Waals surface area contributed by atoms with Crippen LogP contribution in [0.4, 0.5) is 0 Å². The van der Waals surface area contributed by atoms with Crippen LogP contribution in [-0.2, 0) is 10.8 Å². The van der Waals surface area contributed by atoms with Crippen LogP contribution in [-0.4, -0.2) is 0 Å². The minimum absolute atomic E-state index is 0.0119. The third-order valence-corrected chi connectivity index (χ3v) is 5.45. The van der Waals surface area contributed by atoms with Crippen LogP contribution in [0.3, 0.4) is 0 Å². The second kappa shape index (κ2) is 6.41. The molecule has 0 saturated carbocycles. The van der Waals surface area contributed by atoms with Gasteiger partial charge in [0.2, 0.25) is 0 Å². The summed E-state index contributed by atoms with van der Waals surface area (Å²) in [5.41, 5.74) is 7.41. The normalized spacial score (nSPS) is 12.6. The van der Waals surface area contributed by atoms with E-state index in [0.717, 1.165) is 11.1 Å². The minimum Gasteiger partial charge on any atom is -0.472 e. The molecule has 144 valence electrons. The Morgan fingerprint density at radius 2 is 1.29 bits per heavy atom. The van der Waals surface area contributed by atoms with Crippen LogP contribution in [0.5, 0.6) is 0 Å². The van der Waals surface area contributed by atoms with Crippen molar-refractivity contribution in [3.05, 3.63) is 72.6 Å². The Morgan fingerprint density at radius 1 is 0.643 bits per heavy atom. The van der Waals surface area contributed by atoms with Crippen LogP contribution in [0.1, 0.15) is 52.7 Å². The van der Waals surface area contributed by atoms with Gasteiger partial charge in [0.15, 0.2) is 0 Å². The van der Waals surface area contributed by atoms with Gasteiger partial charge >= 0.3 is 0 Å². The fourth-order valence-corrected chi connectivity index (χ4v) is 3.86. The fraction of sp³-hybridized carbons (Fsp3) is 0.308. The van der Waals surface area contributed by atoms with Crippen molar-refractivity contribution in [1.82, 2.24) is 0 Å². The summed E-state index contributed by atoms with van der Waals surface area (Å²) in [6.07, 6.45) is 7.18. The van der Waals surface area contributed by atoms with Crippen molar-refractivity contribution in [2.24, 2.45) is 0 Å². The van der Waals surface area contributed by atoms with Gasteiger partial charge in [-0.25, -0.2) is 0 Å². The van der Waals surface area contributed by atoms with E-state index >= 15 is 0 Å². The van der Waals surface area contributed by atoms with Gasteiger partial charge in [0.1, 0.15) is 0 Å². The summed E-state index contributed by atoms with van der Waals surface area (Å²) < 4.78 is 10.9. The molecule has 0 aliphatic carbocycles. The van der Waals surface area contributed by atoms with Gasteiger partial charge in [-0.3, -0.25) is 0 Å². The quantitative estimate of drug-likeness (QED) is 0.357. The lowest BCUT2D eigenvalue weighted by molar-refractivity contribution is 0.567. The maximum absolute atomic E-state index is 5.45. The summed E-state index contributed by atoms with van der Waals surface area (Å²) in [5, 5.41) is 2.50. The van der Waals surface area contributed by atoms with E-state index in [1.807, 2.05) is 18.6 Å². The highest BCUT2D eigenvalue weighted by molar-refractivity contribution is 6.06. The average Bonchev–Trinajstić information content (AvgIpc) is 3.32. The van der Waals surface area contributed by atoms with E-state index < -0.39 is 0 Å². The minimum atomic E-state index is -0.0119. The number of fused-ring (bicyclic) bond motifs is 1. The average molecular weight is 373 g/mol. The van der Waals surface area contributed by atoms with Gasteiger partial charge in [-0.15, -0.1) is 0 Å². The fourth-order valence-electron chi connectivity index (χ4n) is 3.86. The van der Waals surface area contributed by atoms with Crippen molar-refractivity contribution in [2.45, 2.75) is 52.4 Å². The third kappa shape index (κ3) is 3.17. The highest BCUT2D eigenvalue weighted by atomic mass is 16.3. The van der Waals surface area contributed by atoms with Gasteiger partial charge in [0.05, 0.1) is 25.1 Å². The topological polar surface area (TPSA) is 26.3 Å². The van der Waals surface area contributed by atoms with Gasteiger partial charge in [0.25, 0.3) is 0 Å². The lowest BCUT2D eigenvalue weighted by Gasteiger charge is -2.27. The smallest absolute Gasteiger partial charge is 0.0981 e. The Kier molecular flexibility index (Phi) is 4.26. The molecule has 4 aromatic rings. The van der Waals surface area contributed by atoms with E-state index in [1.165, 1.54) is 33.0 Å². The first-order chi connectivity index (χ1) is 13.2. The van der Waals surface area contributed by atoms with Crippen LogP contribution in [0, 0.1) is 0 Å². The molecule has 0 bridgehead atoms. The molecule has 2 heterocycles. The molecule has 2 aromatic heterocycles. The van der Waals surface area contributed by atoms with E-state index in [0.29, 0.717) is 0 Å². The van der Waals surface area contributed by atoms with Crippen molar-refractivity contribution in [2.75, 3.05) is 0 Å². The molecule has 0 radical (unpaired) electrons. The first kappa shape index (κ1) is 18.6. The number of rotatable bonds is 2. The zero-order valence-corrected chi connectivity index (χ0v) is 17.6. The summed E-state index contributed by atoms with van der Waals surface area (Å²) in [4.78, 5) is 0. The molecule has 0 saturated heterocycles. The van der Waals surface area contributed by atoms with Gasteiger partial charge in [-0.2, -0.15) is 0 Å². The maximum atomic E-state index is 5.45. The number of hydrogen-bond donors (Lipinski definition) is 0. The lowest BCUT2D eigenvalue weighted by atomic mass is 9.77. The predicted octanol–water partition coefficient (Wildman–Crippen LogP) is 7.95. The second-order valence-corrected chi connectivity index (χ2v) is 9.63. The van der Waals surface area contributed by atoms with Crippen molar-refractivity contribution >= 4 is 10.8 Å². The van der Waals surface area contributed by atoms with Gasteiger partial charge in [-0.1, -0.05) is 53.7 Å². The van der Waals surface area contributed by atoms with Crippen LogP contribution in [0.25, 0.3) is 33.0 Å². The Bertz CT molecular complexity index is 1100. The second-order valence-electron chi connectivity index (χ2n) is 9.63. The Balaban J connectivity index is 2.17. The third-order valence-electron chi connectivity index (χ3n) is 5.45. The first-order valence-corrected chi connectivity index (χ1v) is 9.83. The predicted molar refractivity (Wildman–Crippen MR) is 117 cm³/mol. The summed E-state index contributed by atoms with van der Waals surface area (Å²) in [6, 6.07) is 13.3.